The molecule has 1 aromatic carbocycles. The van der Waals surface area contributed by atoms with Crippen LogP contribution in [0.5, 0.6) is 5.75 Å². The molecule has 2 N–H and O–H groups in total. The van der Waals surface area contributed by atoms with E-state index in [1.165, 1.54) is 50.0 Å². The Kier molecular flexibility index (Phi) is 6.43. The molecule has 0 saturated carbocycles. The molecule has 168 valence electrons. The quantitative estimate of drug-likeness (QED) is 0.660. The van der Waals surface area contributed by atoms with Gasteiger partial charge in [-0.25, -0.2) is 9.37 Å². The van der Waals surface area contributed by atoms with Crippen LogP contribution in [0.2, 0.25) is 0 Å². The number of aromatic hydroxyl groups is 1. The van der Waals surface area contributed by atoms with Crippen LogP contribution in [0.4, 0.5) is 4.39 Å². The van der Waals surface area contributed by atoms with E-state index in [4.69, 9.17) is 0 Å². The second-order valence-electron chi connectivity index (χ2n) is 7.40. The fourth-order valence-electron chi connectivity index (χ4n) is 3.39. The zero-order valence-corrected chi connectivity index (χ0v) is 18.2. The van der Waals surface area contributed by atoms with E-state index in [1.807, 2.05) is 0 Å². The van der Waals surface area contributed by atoms with Crippen molar-refractivity contribution in [2.45, 2.75) is 32.0 Å². The van der Waals surface area contributed by atoms with Crippen molar-refractivity contribution < 1.29 is 22.7 Å². The van der Waals surface area contributed by atoms with Crippen molar-refractivity contribution in [2.24, 2.45) is 0 Å². The van der Waals surface area contributed by atoms with Gasteiger partial charge in [0.25, 0.3) is 21.7 Å². The Hall–Kier alpha value is -2.83. The number of carbonyl (C=O) groups is 1. The highest BCUT2D eigenvalue weighted by Crippen LogP contribution is 2.31. The van der Waals surface area contributed by atoms with Crippen LogP contribution in [0.3, 0.4) is 0 Å². The number of benzene rings is 1. The van der Waals surface area contributed by atoms with Crippen molar-refractivity contribution in [3.05, 3.63) is 57.5 Å². The fourth-order valence-corrected chi connectivity index (χ4v) is 4.43. The van der Waals surface area contributed by atoms with E-state index >= 15 is 0 Å². The topological polar surface area (TPSA) is 125 Å². The van der Waals surface area contributed by atoms with Gasteiger partial charge in [-0.3, -0.25) is 14.2 Å². The van der Waals surface area contributed by atoms with Gasteiger partial charge in [0.1, 0.15) is 11.6 Å². The summed E-state index contributed by atoms with van der Waals surface area (Å²) in [6.45, 7) is 0.273. The molecular weight excluding hydrogens is 429 g/mol. The van der Waals surface area contributed by atoms with Crippen LogP contribution in [0.15, 0.2) is 29.1 Å². The van der Waals surface area contributed by atoms with Crippen molar-refractivity contribution in [3.63, 3.8) is 0 Å². The zero-order valence-electron chi connectivity index (χ0n) is 17.4. The predicted molar refractivity (Wildman–Crippen MR) is 110 cm³/mol. The minimum absolute atomic E-state index is 0.0248. The summed E-state index contributed by atoms with van der Waals surface area (Å²) in [7, 11) is 0.349. The highest BCUT2D eigenvalue weighted by Gasteiger charge is 2.36. The highest BCUT2D eigenvalue weighted by atomic mass is 32.2. The van der Waals surface area contributed by atoms with Gasteiger partial charge in [0, 0.05) is 34.2 Å². The van der Waals surface area contributed by atoms with E-state index in [1.54, 1.807) is 0 Å². The van der Waals surface area contributed by atoms with E-state index in [2.05, 4.69) is 10.3 Å². The van der Waals surface area contributed by atoms with Gasteiger partial charge in [-0.1, -0.05) is 12.1 Å². The van der Waals surface area contributed by atoms with Crippen molar-refractivity contribution in [3.8, 4) is 5.75 Å². The summed E-state index contributed by atoms with van der Waals surface area (Å²) in [4.78, 5) is 29.5. The molecule has 12 heteroatoms. The maximum absolute atomic E-state index is 13.0. The molecule has 0 radical (unpaired) electrons. The lowest BCUT2D eigenvalue weighted by molar-refractivity contribution is 0.0940. The molecule has 1 aliphatic heterocycles. The molecule has 1 aliphatic rings. The molecule has 0 bridgehead atoms. The van der Waals surface area contributed by atoms with Crippen molar-refractivity contribution in [2.75, 3.05) is 21.1 Å². The molecule has 0 unspecified atom stereocenters. The van der Waals surface area contributed by atoms with Gasteiger partial charge in [-0.15, -0.1) is 0 Å². The van der Waals surface area contributed by atoms with Crippen LogP contribution in [0.25, 0.3) is 0 Å². The molecule has 1 amide bonds. The zero-order chi connectivity index (χ0) is 22.9. The van der Waals surface area contributed by atoms with E-state index < -0.39 is 45.0 Å². The van der Waals surface area contributed by atoms with Crippen LogP contribution >= 0.6 is 0 Å². The average Bonchev–Trinajstić information content (AvgIpc) is 2.74. The number of hydrogen-bond acceptors (Lipinski definition) is 6. The Morgan fingerprint density at radius 3 is 2.55 bits per heavy atom. The molecule has 10 nitrogen and oxygen atoms in total. The Bertz CT molecular complexity index is 1150. The van der Waals surface area contributed by atoms with Gasteiger partial charge in [-0.05, 0) is 30.5 Å². The summed E-state index contributed by atoms with van der Waals surface area (Å²) in [6, 6.07) is 4.68. The SMILES string of the molecule is CN(C)S(=O)(=O)N(C)[C@@H]1CCCn2c1nc(C(=O)NCc1ccc(F)cc1)c(O)c2=O. The number of hydrogen-bond donors (Lipinski definition) is 2. The summed E-state index contributed by atoms with van der Waals surface area (Å²) in [5.41, 5.74) is -0.684. The third-order valence-electron chi connectivity index (χ3n) is 5.18. The van der Waals surface area contributed by atoms with Gasteiger partial charge >= 0.3 is 0 Å². The molecule has 0 fully saturated rings. The number of halogens is 1. The first-order valence-corrected chi connectivity index (χ1v) is 11.0. The summed E-state index contributed by atoms with van der Waals surface area (Å²) < 4.78 is 41.5. The molecular formula is C19H24FN5O5S. The summed E-state index contributed by atoms with van der Waals surface area (Å²) >= 11 is 0. The molecule has 2 heterocycles. The second-order valence-corrected chi connectivity index (χ2v) is 9.60. The van der Waals surface area contributed by atoms with E-state index in [0.29, 0.717) is 18.4 Å². The predicted octanol–water partition coefficient (Wildman–Crippen LogP) is 0.591. The van der Waals surface area contributed by atoms with Gasteiger partial charge in [0.15, 0.2) is 5.69 Å². The van der Waals surface area contributed by atoms with Crippen LogP contribution in [0.1, 0.15) is 40.8 Å². The third kappa shape index (κ3) is 4.45. The summed E-state index contributed by atoms with van der Waals surface area (Å²) in [5, 5.41) is 12.8. The molecule has 31 heavy (non-hydrogen) atoms. The fraction of sp³-hybridized carbons (Fsp3) is 0.421. The standard InChI is InChI=1S/C19H24FN5O5S/c1-23(2)31(29,30)24(3)14-5-4-10-25-17(14)22-15(16(26)19(25)28)18(27)21-11-12-6-8-13(20)9-7-12/h6-9,14,26H,4-5,10-11H2,1-3H3,(H,21,27)/t14-/m1/s1. The minimum Gasteiger partial charge on any atom is -0.501 e. The van der Waals surface area contributed by atoms with Crippen molar-refractivity contribution in [1.29, 1.82) is 0 Å². The minimum atomic E-state index is -3.81. The third-order valence-corrected chi connectivity index (χ3v) is 7.08. The number of nitrogens with zero attached hydrogens (tertiary/aromatic N) is 4. The van der Waals surface area contributed by atoms with E-state index in [9.17, 15) is 27.5 Å². The number of aromatic nitrogens is 2. The maximum Gasteiger partial charge on any atom is 0.296 e. The van der Waals surface area contributed by atoms with Crippen LogP contribution < -0.4 is 10.9 Å². The lowest BCUT2D eigenvalue weighted by Gasteiger charge is -2.33. The lowest BCUT2D eigenvalue weighted by Crippen LogP contribution is -2.44. The van der Waals surface area contributed by atoms with Crippen molar-refractivity contribution >= 4 is 16.1 Å². The van der Waals surface area contributed by atoms with E-state index in [-0.39, 0.29) is 18.9 Å². The first-order valence-electron chi connectivity index (χ1n) is 9.56. The van der Waals surface area contributed by atoms with Gasteiger partial charge in [0.2, 0.25) is 5.75 Å². The average molecular weight is 453 g/mol. The Morgan fingerprint density at radius 1 is 1.29 bits per heavy atom. The monoisotopic (exact) mass is 453 g/mol. The number of amides is 1. The summed E-state index contributed by atoms with van der Waals surface area (Å²) in [6.07, 6.45) is 0.902. The Labute approximate surface area is 179 Å². The van der Waals surface area contributed by atoms with Gasteiger partial charge in [0.05, 0.1) is 6.04 Å². The maximum atomic E-state index is 13.0. The Morgan fingerprint density at radius 2 is 1.94 bits per heavy atom. The first kappa shape index (κ1) is 22.8. The number of fused-ring (bicyclic) bond motifs is 1. The largest absolute Gasteiger partial charge is 0.501 e. The van der Waals surface area contributed by atoms with Gasteiger partial charge in [-0.2, -0.15) is 17.0 Å². The highest BCUT2D eigenvalue weighted by molar-refractivity contribution is 7.86. The molecule has 0 saturated heterocycles. The molecule has 2 aromatic rings. The number of nitrogens with one attached hydrogen (secondary N) is 1. The number of carbonyl (C=O) groups excluding carboxylic acids is 1. The summed E-state index contributed by atoms with van der Waals surface area (Å²) in [5.74, 6) is -1.93. The molecule has 1 aromatic heterocycles. The van der Waals surface area contributed by atoms with Crippen LogP contribution in [-0.4, -0.2) is 58.7 Å². The smallest absolute Gasteiger partial charge is 0.296 e. The molecule has 0 spiro atoms. The van der Waals surface area contributed by atoms with Crippen LogP contribution in [-0.2, 0) is 23.3 Å². The second kappa shape index (κ2) is 8.73. The molecule has 0 aliphatic carbocycles. The van der Waals surface area contributed by atoms with Crippen molar-refractivity contribution in [1.82, 2.24) is 23.5 Å². The lowest BCUT2D eigenvalue weighted by atomic mass is 10.1. The van der Waals surface area contributed by atoms with Crippen LogP contribution in [0, 0.1) is 5.82 Å². The first-order chi connectivity index (χ1) is 14.5. The normalized spacial score (nSPS) is 16.4. The molecule has 3 rings (SSSR count). The molecule has 1 atom stereocenters. The van der Waals surface area contributed by atoms with Gasteiger partial charge < -0.3 is 10.4 Å². The van der Waals surface area contributed by atoms with E-state index in [0.717, 1.165) is 8.61 Å². The number of rotatable bonds is 6. The Balaban J connectivity index is 1.95.